The number of rotatable bonds is 2. The van der Waals surface area contributed by atoms with Crippen LogP contribution in [-0.4, -0.2) is 37.1 Å². The van der Waals surface area contributed by atoms with Crippen molar-refractivity contribution in [3.8, 4) is 0 Å². The van der Waals surface area contributed by atoms with E-state index in [1.165, 1.54) is 12.1 Å². The number of hydrogen-bond donors (Lipinski definition) is 0. The number of piperazine rings is 1. The quantitative estimate of drug-likeness (QED) is 0.402. The van der Waals surface area contributed by atoms with Crippen LogP contribution >= 0.6 is 24.8 Å². The second-order valence-electron chi connectivity index (χ2n) is 8.53. The largest absolute Gasteiger partial charge is 0.369 e. The van der Waals surface area contributed by atoms with Gasteiger partial charge in [0.25, 0.3) is 0 Å². The molecule has 2 aliphatic heterocycles. The lowest BCUT2D eigenvalue weighted by atomic mass is 9.76. The monoisotopic (exact) mass is 492 g/mol. The van der Waals surface area contributed by atoms with E-state index in [1.54, 1.807) is 12.1 Å². The zero-order valence-corrected chi connectivity index (χ0v) is 19.1. The predicted molar refractivity (Wildman–Crippen MR) is 120 cm³/mol. The molecule has 1 spiro atoms. The summed E-state index contributed by atoms with van der Waals surface area (Å²) >= 11 is 0. The molecule has 0 N–H and O–H groups in total. The summed E-state index contributed by atoms with van der Waals surface area (Å²) in [6, 6.07) is 8.02. The Bertz CT molecular complexity index is 944. The lowest BCUT2D eigenvalue weighted by molar-refractivity contribution is -0.0793. The number of fused-ring (bicyclic) bond motifs is 2. The van der Waals surface area contributed by atoms with Crippen molar-refractivity contribution in [3.63, 3.8) is 0 Å². The molecule has 0 bridgehead atoms. The van der Waals surface area contributed by atoms with Crippen molar-refractivity contribution >= 4 is 30.5 Å². The second kappa shape index (κ2) is 9.75. The molecule has 32 heavy (non-hydrogen) atoms. The van der Waals surface area contributed by atoms with Crippen LogP contribution in [0.4, 0.5) is 23.2 Å². The summed E-state index contributed by atoms with van der Waals surface area (Å²) < 4.78 is 61.0. The van der Waals surface area contributed by atoms with Crippen molar-refractivity contribution in [1.29, 1.82) is 0 Å². The van der Waals surface area contributed by atoms with Crippen molar-refractivity contribution in [3.05, 3.63) is 64.7 Å². The highest BCUT2D eigenvalue weighted by Gasteiger charge is 2.47. The van der Waals surface area contributed by atoms with Crippen LogP contribution in [0.1, 0.15) is 36.8 Å². The van der Waals surface area contributed by atoms with Crippen molar-refractivity contribution in [2.24, 2.45) is 0 Å². The lowest BCUT2D eigenvalue weighted by Gasteiger charge is -2.45. The number of halogens is 6. The molecular formula is C23H26Cl2F4N2O. The molecule has 0 amide bonds. The molecule has 2 aromatic rings. The van der Waals surface area contributed by atoms with Gasteiger partial charge in [-0.1, -0.05) is 0 Å². The maximum Gasteiger partial charge on any atom is 0.194 e. The van der Waals surface area contributed by atoms with Crippen LogP contribution in [0.25, 0.3) is 0 Å². The van der Waals surface area contributed by atoms with Crippen molar-refractivity contribution in [1.82, 2.24) is 4.90 Å². The highest BCUT2D eigenvalue weighted by atomic mass is 35.5. The molecule has 0 unspecified atom stereocenters. The van der Waals surface area contributed by atoms with Gasteiger partial charge in [0.15, 0.2) is 17.5 Å². The number of benzene rings is 2. The first-order valence-corrected chi connectivity index (χ1v) is 10.5. The first-order valence-electron chi connectivity index (χ1n) is 10.5. The Morgan fingerprint density at radius 2 is 1.47 bits per heavy atom. The number of hydrogen-bond acceptors (Lipinski definition) is 3. The Labute approximate surface area is 197 Å². The Morgan fingerprint density at radius 3 is 2.09 bits per heavy atom. The van der Waals surface area contributed by atoms with Crippen LogP contribution in [-0.2, 0) is 16.9 Å². The number of anilines is 1. The fourth-order valence-electron chi connectivity index (χ4n) is 5.36. The first kappa shape index (κ1) is 25.1. The summed E-state index contributed by atoms with van der Waals surface area (Å²) in [7, 11) is 0. The molecule has 0 aromatic heterocycles. The minimum Gasteiger partial charge on any atom is -0.369 e. The molecule has 176 valence electrons. The average molecular weight is 493 g/mol. The molecule has 0 atom stereocenters. The zero-order valence-electron chi connectivity index (χ0n) is 17.5. The molecule has 2 fully saturated rings. The van der Waals surface area contributed by atoms with Gasteiger partial charge in [-0.25, -0.2) is 17.6 Å². The van der Waals surface area contributed by atoms with E-state index >= 15 is 0 Å². The normalized spacial score (nSPS) is 25.2. The number of nitrogens with zero attached hydrogens (tertiary/aromatic N) is 2. The maximum absolute atomic E-state index is 14.5. The van der Waals surface area contributed by atoms with E-state index in [2.05, 4.69) is 9.80 Å². The summed E-state index contributed by atoms with van der Waals surface area (Å²) in [5, 5.41) is 0. The molecular weight excluding hydrogens is 467 g/mol. The van der Waals surface area contributed by atoms with Gasteiger partial charge in [-0.15, -0.1) is 24.8 Å². The van der Waals surface area contributed by atoms with E-state index in [9.17, 15) is 17.6 Å². The van der Waals surface area contributed by atoms with Gasteiger partial charge in [-0.2, -0.15) is 0 Å². The molecule has 2 heterocycles. The van der Waals surface area contributed by atoms with Crippen molar-refractivity contribution in [2.45, 2.75) is 43.9 Å². The average Bonchev–Trinajstić information content (AvgIpc) is 3.11. The minimum absolute atomic E-state index is 0. The third kappa shape index (κ3) is 4.32. The Hall–Kier alpha value is -1.54. The SMILES string of the molecule is Cl.Cl.Fc1ccc(N2CCN(C3CCC4(CC3)OCc3cc(F)c(F)c(F)c34)CC2)cc1. The van der Waals surface area contributed by atoms with E-state index in [0.717, 1.165) is 50.8 Å². The molecule has 1 aliphatic carbocycles. The Kier molecular flexibility index (Phi) is 7.65. The van der Waals surface area contributed by atoms with Crippen LogP contribution in [0.15, 0.2) is 30.3 Å². The fourth-order valence-corrected chi connectivity index (χ4v) is 5.36. The van der Waals surface area contributed by atoms with Gasteiger partial charge >= 0.3 is 0 Å². The van der Waals surface area contributed by atoms with E-state index in [0.29, 0.717) is 24.4 Å². The van der Waals surface area contributed by atoms with Crippen LogP contribution < -0.4 is 4.90 Å². The molecule has 1 saturated carbocycles. The smallest absolute Gasteiger partial charge is 0.194 e. The van der Waals surface area contributed by atoms with Crippen molar-refractivity contribution < 1.29 is 22.3 Å². The molecule has 9 heteroatoms. The highest BCUT2D eigenvalue weighted by Crippen LogP contribution is 2.49. The summed E-state index contributed by atoms with van der Waals surface area (Å²) in [5.74, 6) is -3.88. The fraction of sp³-hybridized carbons (Fsp3) is 0.478. The lowest BCUT2D eigenvalue weighted by Crippen LogP contribution is -2.52. The summed E-state index contributed by atoms with van der Waals surface area (Å²) in [4.78, 5) is 4.70. The molecule has 1 saturated heterocycles. The predicted octanol–water partition coefficient (Wildman–Crippen LogP) is 5.58. The Balaban J connectivity index is 0.00000144. The molecule has 2 aromatic carbocycles. The topological polar surface area (TPSA) is 15.7 Å². The first-order chi connectivity index (χ1) is 14.5. The van der Waals surface area contributed by atoms with Gasteiger partial charge in [-0.3, -0.25) is 4.90 Å². The number of ether oxygens (including phenoxy) is 1. The third-order valence-corrected chi connectivity index (χ3v) is 6.99. The molecule has 3 nitrogen and oxygen atoms in total. The molecule has 3 aliphatic rings. The van der Waals surface area contributed by atoms with Crippen LogP contribution in [0.3, 0.4) is 0 Å². The highest BCUT2D eigenvalue weighted by molar-refractivity contribution is 5.85. The van der Waals surface area contributed by atoms with E-state index < -0.39 is 23.1 Å². The van der Waals surface area contributed by atoms with Gasteiger partial charge in [0.05, 0.1) is 12.2 Å². The van der Waals surface area contributed by atoms with Gasteiger partial charge in [0.1, 0.15) is 5.82 Å². The van der Waals surface area contributed by atoms with Crippen LogP contribution in [0, 0.1) is 23.3 Å². The van der Waals surface area contributed by atoms with Crippen molar-refractivity contribution in [2.75, 3.05) is 31.1 Å². The molecule has 5 rings (SSSR count). The molecule has 0 radical (unpaired) electrons. The zero-order chi connectivity index (χ0) is 20.9. The summed E-state index contributed by atoms with van der Waals surface area (Å²) in [6.45, 7) is 3.67. The van der Waals surface area contributed by atoms with E-state index in [4.69, 9.17) is 4.74 Å². The van der Waals surface area contributed by atoms with E-state index in [1.807, 2.05) is 0 Å². The minimum atomic E-state index is -1.40. The Morgan fingerprint density at radius 1 is 0.844 bits per heavy atom. The second-order valence-corrected chi connectivity index (χ2v) is 8.53. The van der Waals surface area contributed by atoms with Gasteiger partial charge in [0, 0.05) is 43.5 Å². The van der Waals surface area contributed by atoms with Crippen LogP contribution in [0.2, 0.25) is 0 Å². The summed E-state index contributed by atoms with van der Waals surface area (Å²) in [6.07, 6.45) is 2.86. The summed E-state index contributed by atoms with van der Waals surface area (Å²) in [5.41, 5.74) is 0.846. The van der Waals surface area contributed by atoms with Gasteiger partial charge in [-0.05, 0) is 61.6 Å². The van der Waals surface area contributed by atoms with E-state index in [-0.39, 0.29) is 42.8 Å². The standard InChI is InChI=1S/C23H24F4N2O.2ClH/c24-16-1-3-17(4-2-16)28-9-11-29(12-10-28)18-5-7-23(8-6-18)20-15(14-30-23)13-19(25)21(26)22(20)27;;/h1-4,13,18H,5-12,14H2;2*1H. The van der Waals surface area contributed by atoms with Gasteiger partial charge < -0.3 is 9.64 Å². The van der Waals surface area contributed by atoms with Crippen LogP contribution in [0.5, 0.6) is 0 Å². The third-order valence-electron chi connectivity index (χ3n) is 6.99. The maximum atomic E-state index is 14.5. The van der Waals surface area contributed by atoms with Gasteiger partial charge in [0.2, 0.25) is 0 Å².